The van der Waals surface area contributed by atoms with Gasteiger partial charge in [0.1, 0.15) is 10.8 Å². The van der Waals surface area contributed by atoms with Crippen molar-refractivity contribution in [3.05, 3.63) is 27.3 Å². The summed E-state index contributed by atoms with van der Waals surface area (Å²) < 4.78 is 0.785. The summed E-state index contributed by atoms with van der Waals surface area (Å²) in [4.78, 5) is 12.1. The first-order chi connectivity index (χ1) is 7.25. The molecule has 0 aliphatic carbocycles. The van der Waals surface area contributed by atoms with Crippen LogP contribution in [0.3, 0.4) is 0 Å². The maximum atomic E-state index is 5.48. The van der Waals surface area contributed by atoms with E-state index in [4.69, 9.17) is 5.73 Å². The number of nitrogens with zero attached hydrogens (tertiary/aromatic N) is 3. The first-order valence-corrected chi connectivity index (χ1v) is 5.83. The Morgan fingerprint density at radius 3 is 3.07 bits per heavy atom. The number of thiazole rings is 1. The molecule has 2 aromatic heterocycles. The number of anilines is 2. The van der Waals surface area contributed by atoms with Gasteiger partial charge in [-0.3, -0.25) is 0 Å². The standard InChI is InChI=1S/C8H8BrN5S/c9-5-3-13-8(10)14-7(5)12-4-6-11-1-2-15-6/h1-3H,4H2,(H3,10,12,13,14). The van der Waals surface area contributed by atoms with E-state index in [9.17, 15) is 0 Å². The molecular weight excluding hydrogens is 278 g/mol. The van der Waals surface area contributed by atoms with Crippen LogP contribution >= 0.6 is 27.3 Å². The van der Waals surface area contributed by atoms with Crippen LogP contribution in [-0.4, -0.2) is 15.0 Å². The molecule has 3 N–H and O–H groups in total. The predicted octanol–water partition coefficient (Wildman–Crippen LogP) is 1.89. The number of halogens is 1. The molecule has 0 amide bonds. The Morgan fingerprint density at radius 1 is 1.47 bits per heavy atom. The van der Waals surface area contributed by atoms with Gasteiger partial charge >= 0.3 is 0 Å². The van der Waals surface area contributed by atoms with Crippen LogP contribution in [0.5, 0.6) is 0 Å². The quantitative estimate of drug-likeness (QED) is 0.901. The SMILES string of the molecule is Nc1ncc(Br)c(NCc2nccs2)n1. The molecule has 0 aromatic carbocycles. The lowest BCUT2D eigenvalue weighted by Gasteiger charge is -2.05. The summed E-state index contributed by atoms with van der Waals surface area (Å²) >= 11 is 4.92. The van der Waals surface area contributed by atoms with Crippen LogP contribution in [0.1, 0.15) is 5.01 Å². The summed E-state index contributed by atoms with van der Waals surface area (Å²) in [6.07, 6.45) is 3.39. The Bertz CT molecular complexity index is 444. The minimum absolute atomic E-state index is 0.250. The lowest BCUT2D eigenvalue weighted by molar-refractivity contribution is 1.06. The molecule has 5 nitrogen and oxygen atoms in total. The zero-order valence-corrected chi connectivity index (χ0v) is 10.0. The summed E-state index contributed by atoms with van der Waals surface area (Å²) in [5.41, 5.74) is 5.48. The fourth-order valence-corrected chi connectivity index (χ4v) is 1.89. The Hall–Kier alpha value is -1.21. The zero-order chi connectivity index (χ0) is 10.7. The average Bonchev–Trinajstić information content (AvgIpc) is 2.72. The highest BCUT2D eigenvalue weighted by atomic mass is 79.9. The van der Waals surface area contributed by atoms with Crippen LogP contribution < -0.4 is 11.1 Å². The highest BCUT2D eigenvalue weighted by Crippen LogP contribution is 2.20. The van der Waals surface area contributed by atoms with Gasteiger partial charge in [-0.1, -0.05) is 0 Å². The minimum Gasteiger partial charge on any atom is -0.368 e. The van der Waals surface area contributed by atoms with Crippen LogP contribution in [-0.2, 0) is 6.54 Å². The van der Waals surface area contributed by atoms with Crippen molar-refractivity contribution in [2.45, 2.75) is 6.54 Å². The zero-order valence-electron chi connectivity index (χ0n) is 7.64. The second-order valence-electron chi connectivity index (χ2n) is 2.70. The number of hydrogen-bond acceptors (Lipinski definition) is 6. The number of nitrogens with two attached hydrogens (primary N) is 1. The largest absolute Gasteiger partial charge is 0.368 e. The van der Waals surface area contributed by atoms with Crippen molar-refractivity contribution in [2.75, 3.05) is 11.1 Å². The van der Waals surface area contributed by atoms with Gasteiger partial charge < -0.3 is 11.1 Å². The van der Waals surface area contributed by atoms with Crippen LogP contribution in [0.25, 0.3) is 0 Å². The Balaban J connectivity index is 2.07. The maximum absolute atomic E-state index is 5.48. The number of aromatic nitrogens is 3. The summed E-state index contributed by atoms with van der Waals surface area (Å²) in [6, 6.07) is 0. The fourth-order valence-electron chi connectivity index (χ4n) is 1.00. The molecule has 0 radical (unpaired) electrons. The van der Waals surface area contributed by atoms with E-state index in [1.807, 2.05) is 5.38 Å². The van der Waals surface area contributed by atoms with Crippen LogP contribution in [0.15, 0.2) is 22.2 Å². The van der Waals surface area contributed by atoms with E-state index >= 15 is 0 Å². The van der Waals surface area contributed by atoms with Gasteiger partial charge in [0.15, 0.2) is 0 Å². The third-order valence-corrected chi connectivity index (χ3v) is 3.01. The molecule has 0 spiro atoms. The average molecular weight is 286 g/mol. The smallest absolute Gasteiger partial charge is 0.221 e. The first kappa shape index (κ1) is 10.3. The van der Waals surface area contributed by atoms with Gasteiger partial charge in [-0.25, -0.2) is 9.97 Å². The molecule has 0 saturated heterocycles. The van der Waals surface area contributed by atoms with Crippen LogP contribution in [0.2, 0.25) is 0 Å². The normalized spacial score (nSPS) is 10.2. The third kappa shape index (κ3) is 2.63. The first-order valence-electron chi connectivity index (χ1n) is 4.16. The number of nitrogens with one attached hydrogen (secondary N) is 1. The van der Waals surface area contributed by atoms with Crippen LogP contribution in [0, 0.1) is 0 Å². The highest BCUT2D eigenvalue weighted by molar-refractivity contribution is 9.10. The van der Waals surface area contributed by atoms with E-state index in [0.717, 1.165) is 9.48 Å². The molecule has 0 saturated carbocycles. The molecule has 2 heterocycles. The fraction of sp³-hybridized carbons (Fsp3) is 0.125. The van der Waals surface area contributed by atoms with E-state index < -0.39 is 0 Å². The van der Waals surface area contributed by atoms with Gasteiger partial charge in [0.25, 0.3) is 0 Å². The van der Waals surface area contributed by atoms with Crippen molar-refractivity contribution >= 4 is 39.0 Å². The molecule has 0 bridgehead atoms. The summed E-state index contributed by atoms with van der Waals surface area (Å²) in [5, 5.41) is 6.06. The van der Waals surface area contributed by atoms with E-state index in [1.54, 1.807) is 23.7 Å². The minimum atomic E-state index is 0.250. The Labute approximate surface area is 98.9 Å². The van der Waals surface area contributed by atoms with Crippen molar-refractivity contribution in [2.24, 2.45) is 0 Å². The van der Waals surface area contributed by atoms with Crippen molar-refractivity contribution < 1.29 is 0 Å². The molecule has 7 heteroatoms. The van der Waals surface area contributed by atoms with Gasteiger partial charge in [-0.15, -0.1) is 11.3 Å². The van der Waals surface area contributed by atoms with E-state index in [-0.39, 0.29) is 5.95 Å². The molecule has 2 rings (SSSR count). The Kier molecular flexibility index (Phi) is 3.12. The molecule has 2 aromatic rings. The number of nitrogen functional groups attached to an aromatic ring is 1. The second-order valence-corrected chi connectivity index (χ2v) is 4.54. The molecule has 0 atom stereocenters. The van der Waals surface area contributed by atoms with Crippen LogP contribution in [0.4, 0.5) is 11.8 Å². The van der Waals surface area contributed by atoms with E-state index in [0.29, 0.717) is 12.4 Å². The molecule has 0 fully saturated rings. The number of rotatable bonds is 3. The lowest BCUT2D eigenvalue weighted by atomic mass is 10.5. The van der Waals surface area contributed by atoms with Gasteiger partial charge in [0, 0.05) is 17.8 Å². The van der Waals surface area contributed by atoms with Gasteiger partial charge in [-0.2, -0.15) is 4.98 Å². The monoisotopic (exact) mass is 285 g/mol. The molecule has 0 unspecified atom stereocenters. The van der Waals surface area contributed by atoms with Gasteiger partial charge in [-0.05, 0) is 15.9 Å². The predicted molar refractivity (Wildman–Crippen MR) is 63.6 cm³/mol. The Morgan fingerprint density at radius 2 is 2.33 bits per heavy atom. The van der Waals surface area contributed by atoms with Gasteiger partial charge in [0.05, 0.1) is 11.0 Å². The summed E-state index contributed by atoms with van der Waals surface area (Å²) in [5.74, 6) is 0.928. The van der Waals surface area contributed by atoms with Gasteiger partial charge in [0.2, 0.25) is 5.95 Å². The maximum Gasteiger partial charge on any atom is 0.221 e. The summed E-state index contributed by atoms with van der Waals surface area (Å²) in [7, 11) is 0. The van der Waals surface area contributed by atoms with Crippen molar-refractivity contribution in [3.8, 4) is 0 Å². The van der Waals surface area contributed by atoms with E-state index in [2.05, 4.69) is 36.2 Å². The van der Waals surface area contributed by atoms with Crippen molar-refractivity contribution in [1.29, 1.82) is 0 Å². The van der Waals surface area contributed by atoms with Crippen molar-refractivity contribution in [3.63, 3.8) is 0 Å². The van der Waals surface area contributed by atoms with Crippen molar-refractivity contribution in [1.82, 2.24) is 15.0 Å². The molecular formula is C8H8BrN5S. The topological polar surface area (TPSA) is 76.7 Å². The molecule has 78 valence electrons. The van der Waals surface area contributed by atoms with E-state index in [1.165, 1.54) is 0 Å². The lowest BCUT2D eigenvalue weighted by Crippen LogP contribution is -2.04. The second kappa shape index (κ2) is 4.54. The highest BCUT2D eigenvalue weighted by Gasteiger charge is 2.03. The number of hydrogen-bond donors (Lipinski definition) is 2. The molecule has 0 aliphatic heterocycles. The molecule has 15 heavy (non-hydrogen) atoms. The third-order valence-electron chi connectivity index (χ3n) is 1.65. The molecule has 0 aliphatic rings. The summed E-state index contributed by atoms with van der Waals surface area (Å²) in [6.45, 7) is 0.632.